The number of nitrogens with zero attached hydrogens (tertiary/aromatic N) is 4. The van der Waals surface area contributed by atoms with Gasteiger partial charge in [0.15, 0.2) is 0 Å². The third-order valence-corrected chi connectivity index (χ3v) is 8.23. The predicted octanol–water partition coefficient (Wildman–Crippen LogP) is 5.75. The van der Waals surface area contributed by atoms with Crippen molar-refractivity contribution in [2.45, 2.75) is 37.8 Å². The molecule has 7 rings (SSSR count). The number of piperazine rings is 1. The number of rotatable bonds is 5. The number of fused-ring (bicyclic) bond motifs is 4. The van der Waals surface area contributed by atoms with E-state index in [9.17, 15) is 5.11 Å². The highest BCUT2D eigenvalue weighted by atomic mass is 16.3. The van der Waals surface area contributed by atoms with E-state index in [1.165, 1.54) is 18.4 Å². The van der Waals surface area contributed by atoms with Crippen molar-refractivity contribution >= 4 is 27.5 Å². The maximum absolute atomic E-state index is 10.5. The molecule has 2 atom stereocenters. The number of aromatic nitrogens is 2. The second-order valence-corrected chi connectivity index (χ2v) is 10.7. The Balaban J connectivity index is 1.33. The molecule has 0 saturated carbocycles. The van der Waals surface area contributed by atoms with Crippen LogP contribution in [0.25, 0.3) is 32.8 Å². The van der Waals surface area contributed by atoms with Crippen molar-refractivity contribution in [2.75, 3.05) is 18.0 Å². The number of anilines is 1. The summed E-state index contributed by atoms with van der Waals surface area (Å²) in [6.45, 7) is 1.96. The van der Waals surface area contributed by atoms with Crippen molar-refractivity contribution in [3.8, 4) is 22.9 Å². The van der Waals surface area contributed by atoms with Crippen LogP contribution in [0.15, 0.2) is 78.9 Å². The number of aromatic hydroxyl groups is 1. The van der Waals surface area contributed by atoms with Crippen molar-refractivity contribution in [1.29, 1.82) is 5.26 Å². The standard InChI is InChI=1S/C33H29N5O/c34-18-22-7-5-21(6-8-22)9-14-32-36-31-16-24(30-17-27(39)15-23-3-1-2-4-28(23)30)10-13-29(31)33(37-32)38-25-11-12-26(38)20-35-19-25/h1-8,10,13,15-17,25-26,35,39H,9,11-12,14,19-20H2. The zero-order chi connectivity index (χ0) is 26.3. The summed E-state index contributed by atoms with van der Waals surface area (Å²) in [5.74, 6) is 2.13. The number of nitriles is 1. The molecule has 2 aliphatic heterocycles. The lowest BCUT2D eigenvalue weighted by atomic mass is 9.96. The van der Waals surface area contributed by atoms with Crippen LogP contribution in [0.1, 0.15) is 29.8 Å². The number of nitrogens with one attached hydrogen (secondary N) is 1. The number of hydrogen-bond donors (Lipinski definition) is 2. The first kappa shape index (κ1) is 23.6. The number of hydrogen-bond acceptors (Lipinski definition) is 6. The maximum Gasteiger partial charge on any atom is 0.140 e. The molecule has 39 heavy (non-hydrogen) atoms. The molecule has 6 heteroatoms. The van der Waals surface area contributed by atoms with E-state index in [1.807, 2.05) is 54.6 Å². The minimum Gasteiger partial charge on any atom is -0.508 e. The molecule has 0 amide bonds. The smallest absolute Gasteiger partial charge is 0.140 e. The molecule has 0 aliphatic carbocycles. The lowest BCUT2D eigenvalue weighted by molar-refractivity contribution is 0.476. The van der Waals surface area contributed by atoms with Gasteiger partial charge in [0, 0.05) is 37.0 Å². The largest absolute Gasteiger partial charge is 0.508 e. The first-order valence-corrected chi connectivity index (χ1v) is 13.7. The molecule has 4 aromatic carbocycles. The van der Waals surface area contributed by atoms with E-state index < -0.39 is 0 Å². The fraction of sp³-hybridized carbons (Fsp3) is 0.242. The average Bonchev–Trinajstić information content (AvgIpc) is 3.22. The molecule has 5 aromatic rings. The molecular formula is C33H29N5O. The zero-order valence-electron chi connectivity index (χ0n) is 21.6. The van der Waals surface area contributed by atoms with E-state index in [-0.39, 0.29) is 5.75 Å². The minimum absolute atomic E-state index is 0.257. The third kappa shape index (κ3) is 4.35. The number of phenolic OH excluding ortho intramolecular Hbond substituents is 1. The molecule has 2 unspecified atom stereocenters. The van der Waals surface area contributed by atoms with Crippen molar-refractivity contribution in [2.24, 2.45) is 0 Å². The van der Waals surface area contributed by atoms with Crippen LogP contribution < -0.4 is 10.2 Å². The summed E-state index contributed by atoms with van der Waals surface area (Å²) in [5.41, 5.74) is 4.79. The summed E-state index contributed by atoms with van der Waals surface area (Å²) in [6, 6.07) is 29.1. The summed E-state index contributed by atoms with van der Waals surface area (Å²) >= 11 is 0. The molecule has 2 fully saturated rings. The predicted molar refractivity (Wildman–Crippen MR) is 155 cm³/mol. The molecule has 1 aromatic heterocycles. The van der Waals surface area contributed by atoms with Gasteiger partial charge in [-0.2, -0.15) is 5.26 Å². The van der Waals surface area contributed by atoms with Gasteiger partial charge in [0.25, 0.3) is 0 Å². The average molecular weight is 512 g/mol. The number of phenols is 1. The highest BCUT2D eigenvalue weighted by Crippen LogP contribution is 2.38. The highest BCUT2D eigenvalue weighted by molar-refractivity contribution is 6.01. The molecule has 3 heterocycles. The zero-order valence-corrected chi connectivity index (χ0v) is 21.6. The van der Waals surface area contributed by atoms with E-state index in [1.54, 1.807) is 0 Å². The summed E-state index contributed by atoms with van der Waals surface area (Å²) in [4.78, 5) is 12.8. The van der Waals surface area contributed by atoms with Gasteiger partial charge in [0.05, 0.1) is 17.1 Å². The molecule has 192 valence electrons. The van der Waals surface area contributed by atoms with Gasteiger partial charge >= 0.3 is 0 Å². The van der Waals surface area contributed by atoms with E-state index in [2.05, 4.69) is 40.6 Å². The van der Waals surface area contributed by atoms with Crippen LogP contribution >= 0.6 is 0 Å². The van der Waals surface area contributed by atoms with Gasteiger partial charge in [0.2, 0.25) is 0 Å². The SMILES string of the molecule is N#Cc1ccc(CCc2nc(N3C4CCC3CNC4)c3ccc(-c4cc(O)cc5ccccc45)cc3n2)cc1. The van der Waals surface area contributed by atoms with Gasteiger partial charge in [-0.25, -0.2) is 9.97 Å². The first-order valence-electron chi connectivity index (χ1n) is 13.7. The Hall–Kier alpha value is -4.47. The second-order valence-electron chi connectivity index (χ2n) is 10.7. The fourth-order valence-corrected chi connectivity index (χ4v) is 6.30. The Labute approximate surface area is 227 Å². The molecule has 2 saturated heterocycles. The van der Waals surface area contributed by atoms with E-state index in [0.717, 1.165) is 70.4 Å². The molecule has 0 radical (unpaired) electrons. The molecule has 2 aliphatic rings. The number of aryl methyl sites for hydroxylation is 2. The Bertz CT molecular complexity index is 1720. The molecule has 6 nitrogen and oxygen atoms in total. The van der Waals surface area contributed by atoms with Crippen molar-refractivity contribution in [3.05, 3.63) is 95.8 Å². The second kappa shape index (κ2) is 9.68. The van der Waals surface area contributed by atoms with Gasteiger partial charge in [-0.05, 0) is 83.1 Å². The molecule has 2 N–H and O–H groups in total. The Kier molecular flexibility index (Phi) is 5.87. The molecule has 2 bridgehead atoms. The number of benzene rings is 4. The Morgan fingerprint density at radius 1 is 0.872 bits per heavy atom. The van der Waals surface area contributed by atoms with Crippen LogP contribution in [0.3, 0.4) is 0 Å². The van der Waals surface area contributed by atoms with Crippen LogP contribution in [0.2, 0.25) is 0 Å². The lowest BCUT2D eigenvalue weighted by Crippen LogP contribution is -2.52. The Morgan fingerprint density at radius 3 is 2.46 bits per heavy atom. The van der Waals surface area contributed by atoms with Crippen LogP contribution in [-0.4, -0.2) is 40.2 Å². The van der Waals surface area contributed by atoms with Crippen LogP contribution in [0, 0.1) is 11.3 Å². The van der Waals surface area contributed by atoms with Gasteiger partial charge in [-0.15, -0.1) is 0 Å². The van der Waals surface area contributed by atoms with E-state index in [4.69, 9.17) is 15.2 Å². The van der Waals surface area contributed by atoms with Gasteiger partial charge in [0.1, 0.15) is 17.4 Å². The summed E-state index contributed by atoms with van der Waals surface area (Å²) in [6.07, 6.45) is 3.88. The Morgan fingerprint density at radius 2 is 1.67 bits per heavy atom. The fourth-order valence-electron chi connectivity index (χ4n) is 6.30. The third-order valence-electron chi connectivity index (χ3n) is 8.23. The summed E-state index contributed by atoms with van der Waals surface area (Å²) in [5, 5.41) is 26.4. The minimum atomic E-state index is 0.257. The van der Waals surface area contributed by atoms with Crippen LogP contribution in [-0.2, 0) is 12.8 Å². The van der Waals surface area contributed by atoms with Crippen molar-refractivity contribution < 1.29 is 5.11 Å². The quantitative estimate of drug-likeness (QED) is 0.312. The lowest BCUT2D eigenvalue weighted by Gasteiger charge is -2.37. The van der Waals surface area contributed by atoms with Gasteiger partial charge < -0.3 is 15.3 Å². The van der Waals surface area contributed by atoms with Gasteiger partial charge in [-0.3, -0.25) is 0 Å². The van der Waals surface area contributed by atoms with Crippen LogP contribution in [0.5, 0.6) is 5.75 Å². The van der Waals surface area contributed by atoms with Crippen molar-refractivity contribution in [3.63, 3.8) is 0 Å². The first-order chi connectivity index (χ1) is 19.2. The monoisotopic (exact) mass is 511 g/mol. The van der Waals surface area contributed by atoms with Crippen LogP contribution in [0.4, 0.5) is 5.82 Å². The molecular weight excluding hydrogens is 482 g/mol. The summed E-state index contributed by atoms with van der Waals surface area (Å²) in [7, 11) is 0. The summed E-state index contributed by atoms with van der Waals surface area (Å²) < 4.78 is 0. The molecule has 0 spiro atoms. The normalized spacial score (nSPS) is 18.5. The van der Waals surface area contributed by atoms with Crippen molar-refractivity contribution in [1.82, 2.24) is 15.3 Å². The topological polar surface area (TPSA) is 85.1 Å². The van der Waals surface area contributed by atoms with Gasteiger partial charge in [-0.1, -0.05) is 42.5 Å². The van der Waals surface area contributed by atoms with E-state index in [0.29, 0.717) is 17.6 Å². The maximum atomic E-state index is 10.5. The highest BCUT2D eigenvalue weighted by Gasteiger charge is 2.38. The van der Waals surface area contributed by atoms with E-state index >= 15 is 0 Å².